The van der Waals surface area contributed by atoms with Gasteiger partial charge < -0.3 is 15.6 Å². The van der Waals surface area contributed by atoms with Crippen LogP contribution in [0.1, 0.15) is 45.1 Å². The van der Waals surface area contributed by atoms with Crippen molar-refractivity contribution in [3.63, 3.8) is 0 Å². The lowest BCUT2D eigenvalue weighted by Crippen LogP contribution is -2.45. The molecule has 1 aliphatic rings. The molecule has 3 N–H and O–H groups in total. The smallest absolute Gasteiger partial charge is 0.289 e. The Kier molecular flexibility index (Phi) is 4.94. The van der Waals surface area contributed by atoms with Crippen molar-refractivity contribution >= 4 is 44.3 Å². The molecule has 0 saturated carbocycles. The number of amides is 2. The van der Waals surface area contributed by atoms with Crippen molar-refractivity contribution in [1.29, 1.82) is 0 Å². The zero-order valence-electron chi connectivity index (χ0n) is 16.7. The SMILES string of the molecule is NC(=O)c1sc2ccccc2c1C[C@@H]1CCCCN1C(=O)c1nc2ccc(F)cc2[nH]1. The largest absolute Gasteiger partial charge is 0.365 e. The van der Waals surface area contributed by atoms with Gasteiger partial charge in [0.1, 0.15) is 5.82 Å². The molecule has 4 aromatic rings. The van der Waals surface area contributed by atoms with Gasteiger partial charge in [-0.1, -0.05) is 18.2 Å². The van der Waals surface area contributed by atoms with E-state index in [-0.39, 0.29) is 23.6 Å². The Morgan fingerprint density at radius 2 is 2.06 bits per heavy atom. The molecule has 3 heterocycles. The molecule has 8 heteroatoms. The zero-order chi connectivity index (χ0) is 21.5. The summed E-state index contributed by atoms with van der Waals surface area (Å²) in [7, 11) is 0. The number of nitrogens with zero attached hydrogens (tertiary/aromatic N) is 2. The number of primary amides is 1. The number of hydrogen-bond donors (Lipinski definition) is 2. The third kappa shape index (κ3) is 3.57. The van der Waals surface area contributed by atoms with Crippen molar-refractivity contribution in [3.8, 4) is 0 Å². The molecule has 6 nitrogen and oxygen atoms in total. The lowest BCUT2D eigenvalue weighted by Gasteiger charge is -2.35. The summed E-state index contributed by atoms with van der Waals surface area (Å²) in [6, 6.07) is 12.0. The summed E-state index contributed by atoms with van der Waals surface area (Å²) < 4.78 is 14.5. The first-order chi connectivity index (χ1) is 15.0. The highest BCUT2D eigenvalue weighted by Gasteiger charge is 2.31. The first-order valence-electron chi connectivity index (χ1n) is 10.3. The van der Waals surface area contributed by atoms with Crippen LogP contribution in [0.4, 0.5) is 4.39 Å². The summed E-state index contributed by atoms with van der Waals surface area (Å²) in [5.74, 6) is -0.821. The van der Waals surface area contributed by atoms with E-state index in [2.05, 4.69) is 9.97 Å². The van der Waals surface area contributed by atoms with Crippen molar-refractivity contribution in [2.75, 3.05) is 6.54 Å². The lowest BCUT2D eigenvalue weighted by molar-refractivity contribution is 0.0602. The van der Waals surface area contributed by atoms with Gasteiger partial charge in [-0.25, -0.2) is 9.37 Å². The highest BCUT2D eigenvalue weighted by Crippen LogP contribution is 2.34. The van der Waals surface area contributed by atoms with Crippen LogP contribution in [0.2, 0.25) is 0 Å². The minimum Gasteiger partial charge on any atom is -0.365 e. The number of halogens is 1. The molecule has 158 valence electrons. The van der Waals surface area contributed by atoms with E-state index in [0.717, 1.165) is 34.9 Å². The molecule has 1 aliphatic heterocycles. The number of H-pyrrole nitrogens is 1. The zero-order valence-corrected chi connectivity index (χ0v) is 17.5. The van der Waals surface area contributed by atoms with E-state index in [1.807, 2.05) is 29.2 Å². The van der Waals surface area contributed by atoms with Crippen LogP contribution in [-0.2, 0) is 6.42 Å². The van der Waals surface area contributed by atoms with E-state index in [1.165, 1.54) is 23.5 Å². The van der Waals surface area contributed by atoms with Crippen LogP contribution in [0.3, 0.4) is 0 Å². The van der Waals surface area contributed by atoms with Crippen molar-refractivity contribution in [3.05, 3.63) is 64.5 Å². The van der Waals surface area contributed by atoms with Gasteiger partial charge in [0.05, 0.1) is 15.9 Å². The average Bonchev–Trinajstić information content (AvgIpc) is 3.35. The molecule has 1 saturated heterocycles. The van der Waals surface area contributed by atoms with E-state index in [9.17, 15) is 14.0 Å². The molecule has 0 bridgehead atoms. The Labute approximate surface area is 181 Å². The summed E-state index contributed by atoms with van der Waals surface area (Å²) in [6.07, 6.45) is 3.31. The van der Waals surface area contributed by atoms with Crippen molar-refractivity contribution in [1.82, 2.24) is 14.9 Å². The van der Waals surface area contributed by atoms with Gasteiger partial charge in [-0.2, -0.15) is 0 Å². The first kappa shape index (κ1) is 19.7. The fourth-order valence-electron chi connectivity index (χ4n) is 4.44. The Balaban J connectivity index is 1.49. The average molecular weight is 437 g/mol. The summed E-state index contributed by atoms with van der Waals surface area (Å²) in [6.45, 7) is 0.614. The molecular weight excluding hydrogens is 415 g/mol. The summed E-state index contributed by atoms with van der Waals surface area (Å²) in [5.41, 5.74) is 7.63. The van der Waals surface area contributed by atoms with Gasteiger partial charge in [-0.3, -0.25) is 9.59 Å². The number of thiophene rings is 1. The maximum atomic E-state index is 13.5. The Hall–Kier alpha value is -3.26. The third-order valence-corrected chi connectivity index (χ3v) is 7.12. The van der Waals surface area contributed by atoms with Crippen LogP contribution in [0.25, 0.3) is 21.1 Å². The highest BCUT2D eigenvalue weighted by molar-refractivity contribution is 7.21. The number of hydrogen-bond acceptors (Lipinski definition) is 4. The molecule has 2 aromatic heterocycles. The van der Waals surface area contributed by atoms with Gasteiger partial charge in [-0.15, -0.1) is 11.3 Å². The van der Waals surface area contributed by atoms with E-state index < -0.39 is 5.91 Å². The Morgan fingerprint density at radius 1 is 1.23 bits per heavy atom. The van der Waals surface area contributed by atoms with Crippen molar-refractivity contribution in [2.24, 2.45) is 5.73 Å². The standard InChI is InChI=1S/C23H21FN4O2S/c24-13-8-9-17-18(11-13)27-22(26-17)23(30)28-10-4-3-5-14(28)12-16-15-6-1-2-7-19(15)31-20(16)21(25)29/h1-2,6-9,11,14H,3-5,10,12H2,(H2,25,29)(H,26,27)/t14-/m0/s1. The van der Waals surface area contributed by atoms with Crippen LogP contribution >= 0.6 is 11.3 Å². The summed E-state index contributed by atoms with van der Waals surface area (Å²) >= 11 is 1.40. The number of rotatable bonds is 4. The van der Waals surface area contributed by atoms with Crippen molar-refractivity contribution < 1.29 is 14.0 Å². The van der Waals surface area contributed by atoms with Gasteiger partial charge in [0.15, 0.2) is 5.82 Å². The first-order valence-corrected chi connectivity index (χ1v) is 11.1. The van der Waals surface area contributed by atoms with Crippen LogP contribution in [0.15, 0.2) is 42.5 Å². The van der Waals surface area contributed by atoms with E-state index in [0.29, 0.717) is 28.9 Å². The van der Waals surface area contributed by atoms with Gasteiger partial charge in [0.25, 0.3) is 11.8 Å². The van der Waals surface area contributed by atoms with Gasteiger partial charge >= 0.3 is 0 Å². The number of likely N-dealkylation sites (tertiary alicyclic amines) is 1. The molecule has 0 spiro atoms. The molecule has 1 fully saturated rings. The van der Waals surface area contributed by atoms with Crippen LogP contribution < -0.4 is 5.73 Å². The highest BCUT2D eigenvalue weighted by atomic mass is 32.1. The van der Waals surface area contributed by atoms with E-state index >= 15 is 0 Å². The maximum Gasteiger partial charge on any atom is 0.289 e. The third-order valence-electron chi connectivity index (χ3n) is 5.90. The second kappa shape index (κ2) is 7.77. The second-order valence-electron chi connectivity index (χ2n) is 7.87. The summed E-state index contributed by atoms with van der Waals surface area (Å²) in [5, 5.41) is 1.01. The molecule has 5 rings (SSSR count). The van der Waals surface area contributed by atoms with E-state index in [1.54, 1.807) is 6.07 Å². The monoisotopic (exact) mass is 436 g/mol. The number of imidazole rings is 1. The molecule has 31 heavy (non-hydrogen) atoms. The molecule has 1 atom stereocenters. The maximum absolute atomic E-state index is 13.5. The quantitative estimate of drug-likeness (QED) is 0.501. The topological polar surface area (TPSA) is 92.1 Å². The van der Waals surface area contributed by atoms with Gasteiger partial charge in [0.2, 0.25) is 0 Å². The molecular formula is C23H21FN4O2S. The molecule has 0 radical (unpaired) electrons. The molecule has 2 aromatic carbocycles. The van der Waals surface area contributed by atoms with Crippen molar-refractivity contribution in [2.45, 2.75) is 31.7 Å². The van der Waals surface area contributed by atoms with Crippen LogP contribution in [0.5, 0.6) is 0 Å². The number of fused-ring (bicyclic) bond motifs is 2. The fourth-order valence-corrected chi connectivity index (χ4v) is 5.52. The minimum absolute atomic E-state index is 0.0673. The summed E-state index contributed by atoms with van der Waals surface area (Å²) in [4.78, 5) is 35.1. The number of nitrogens with two attached hydrogens (primary N) is 1. The van der Waals surface area contributed by atoms with Gasteiger partial charge in [-0.05, 0) is 60.9 Å². The Morgan fingerprint density at radius 3 is 2.90 bits per heavy atom. The predicted octanol–water partition coefficient (Wildman–Crippen LogP) is 4.25. The molecule has 0 unspecified atom stereocenters. The van der Waals surface area contributed by atoms with E-state index in [4.69, 9.17) is 5.73 Å². The fraction of sp³-hybridized carbons (Fsp3) is 0.261. The predicted molar refractivity (Wildman–Crippen MR) is 119 cm³/mol. The number of carbonyl (C=O) groups is 2. The number of nitrogens with one attached hydrogen (secondary N) is 1. The second-order valence-corrected chi connectivity index (χ2v) is 8.92. The van der Waals surface area contributed by atoms with Gasteiger partial charge in [0, 0.05) is 17.3 Å². The number of aromatic nitrogens is 2. The lowest BCUT2D eigenvalue weighted by atomic mass is 9.94. The number of piperidine rings is 1. The van der Waals surface area contributed by atoms with Crippen LogP contribution in [-0.4, -0.2) is 39.3 Å². The molecule has 2 amide bonds. The van der Waals surface area contributed by atoms with Crippen LogP contribution in [0, 0.1) is 5.82 Å². The number of aromatic amines is 1. The molecule has 0 aliphatic carbocycles. The minimum atomic E-state index is -0.441. The normalized spacial score (nSPS) is 16.8. The number of benzene rings is 2. The Bertz CT molecular complexity index is 1310. The number of carbonyl (C=O) groups excluding carboxylic acids is 2.